The van der Waals surface area contributed by atoms with Gasteiger partial charge in [0.1, 0.15) is 0 Å². The lowest BCUT2D eigenvalue weighted by Gasteiger charge is -2.14. The summed E-state index contributed by atoms with van der Waals surface area (Å²) >= 11 is 0. The third kappa shape index (κ3) is 2.98. The lowest BCUT2D eigenvalue weighted by molar-refractivity contribution is 0.0826. The molecule has 1 aromatic rings. The number of hydrogen-bond donors (Lipinski definition) is 0. The predicted molar refractivity (Wildman–Crippen MR) is 67.0 cm³/mol. The van der Waals surface area contributed by atoms with Crippen LogP contribution in [0, 0.1) is 13.8 Å². The van der Waals surface area contributed by atoms with E-state index in [-0.39, 0.29) is 10.8 Å². The summed E-state index contributed by atoms with van der Waals surface area (Å²) in [5.41, 5.74) is 1.61. The molecule has 0 bridgehead atoms. The van der Waals surface area contributed by atoms with E-state index in [2.05, 4.69) is 0 Å². The van der Waals surface area contributed by atoms with Crippen LogP contribution < -0.4 is 0 Å². The molecule has 6 heteroatoms. The van der Waals surface area contributed by atoms with Crippen molar-refractivity contribution in [2.24, 2.45) is 0 Å². The zero-order valence-corrected chi connectivity index (χ0v) is 11.7. The van der Waals surface area contributed by atoms with Gasteiger partial charge in [-0.2, -0.15) is 0 Å². The zero-order valence-electron chi connectivity index (χ0n) is 10.1. The Morgan fingerprint density at radius 1 is 1.18 bits per heavy atom. The van der Waals surface area contributed by atoms with E-state index in [0.29, 0.717) is 11.1 Å². The third-order valence-electron chi connectivity index (χ3n) is 2.42. The lowest BCUT2D eigenvalue weighted by Crippen LogP contribution is -2.23. The number of hydrogen-bond acceptors (Lipinski definition) is 3. The molecule has 94 valence electrons. The Balaban J connectivity index is 3.50. The molecule has 0 N–H and O–H groups in total. The van der Waals surface area contributed by atoms with Gasteiger partial charge in [0, 0.05) is 30.3 Å². The van der Waals surface area contributed by atoms with Crippen molar-refractivity contribution >= 4 is 25.6 Å². The second-order valence-corrected chi connectivity index (χ2v) is 6.60. The monoisotopic (exact) mass is 275 g/mol. The SMILES string of the molecule is Cc1cc(C)c(S(=O)(=O)Cl)cc1C(=O)N(C)C. The van der Waals surface area contributed by atoms with Crippen LogP contribution in [0.2, 0.25) is 0 Å². The van der Waals surface area contributed by atoms with Gasteiger partial charge in [0.2, 0.25) is 0 Å². The molecular weight excluding hydrogens is 262 g/mol. The fourth-order valence-corrected chi connectivity index (χ4v) is 2.77. The minimum atomic E-state index is -3.83. The molecule has 0 saturated carbocycles. The van der Waals surface area contributed by atoms with Crippen molar-refractivity contribution < 1.29 is 13.2 Å². The molecule has 0 aliphatic carbocycles. The number of halogens is 1. The molecule has 0 aliphatic heterocycles. The topological polar surface area (TPSA) is 54.5 Å². The van der Waals surface area contributed by atoms with Crippen molar-refractivity contribution in [1.29, 1.82) is 0 Å². The molecule has 4 nitrogen and oxygen atoms in total. The molecule has 0 fully saturated rings. The molecule has 0 aliphatic rings. The van der Waals surface area contributed by atoms with Crippen LogP contribution in [-0.2, 0) is 9.05 Å². The normalized spacial score (nSPS) is 11.4. The van der Waals surface area contributed by atoms with Crippen LogP contribution in [0.25, 0.3) is 0 Å². The van der Waals surface area contributed by atoms with Gasteiger partial charge in [-0.25, -0.2) is 8.42 Å². The molecule has 0 heterocycles. The van der Waals surface area contributed by atoms with Crippen LogP contribution in [-0.4, -0.2) is 33.3 Å². The first-order chi connectivity index (χ1) is 7.64. The molecule has 0 radical (unpaired) electrons. The van der Waals surface area contributed by atoms with E-state index >= 15 is 0 Å². The highest BCUT2D eigenvalue weighted by atomic mass is 35.7. The average molecular weight is 276 g/mol. The number of amides is 1. The third-order valence-corrected chi connectivity index (χ3v) is 3.89. The van der Waals surface area contributed by atoms with Crippen molar-refractivity contribution in [3.05, 3.63) is 28.8 Å². The van der Waals surface area contributed by atoms with Crippen LogP contribution in [0.1, 0.15) is 21.5 Å². The van der Waals surface area contributed by atoms with Gasteiger partial charge in [-0.15, -0.1) is 0 Å². The Morgan fingerprint density at radius 2 is 1.71 bits per heavy atom. The van der Waals surface area contributed by atoms with Gasteiger partial charge in [0.25, 0.3) is 15.0 Å². The maximum absolute atomic E-state index is 11.8. The molecule has 1 amide bonds. The molecular formula is C11H14ClNO3S. The van der Waals surface area contributed by atoms with Crippen molar-refractivity contribution in [3.8, 4) is 0 Å². The van der Waals surface area contributed by atoms with Gasteiger partial charge in [-0.1, -0.05) is 6.07 Å². The fourth-order valence-electron chi connectivity index (χ4n) is 1.57. The van der Waals surface area contributed by atoms with Crippen molar-refractivity contribution in [2.45, 2.75) is 18.7 Å². The van der Waals surface area contributed by atoms with Crippen LogP contribution >= 0.6 is 10.7 Å². The molecule has 1 aromatic carbocycles. The van der Waals surface area contributed by atoms with Crippen molar-refractivity contribution in [3.63, 3.8) is 0 Å². The largest absolute Gasteiger partial charge is 0.345 e. The molecule has 0 atom stereocenters. The van der Waals surface area contributed by atoms with E-state index < -0.39 is 9.05 Å². The maximum atomic E-state index is 11.8. The summed E-state index contributed by atoms with van der Waals surface area (Å²) < 4.78 is 22.7. The Labute approximate surface area is 106 Å². The van der Waals surface area contributed by atoms with E-state index in [4.69, 9.17) is 10.7 Å². The number of benzene rings is 1. The first-order valence-electron chi connectivity index (χ1n) is 4.92. The van der Waals surface area contributed by atoms with Gasteiger partial charge in [0.15, 0.2) is 0 Å². The van der Waals surface area contributed by atoms with Crippen LogP contribution in [0.15, 0.2) is 17.0 Å². The minimum absolute atomic E-state index is 0.0185. The summed E-state index contributed by atoms with van der Waals surface area (Å²) in [7, 11) is 4.70. The Bertz CT molecular complexity index is 564. The summed E-state index contributed by atoms with van der Waals surface area (Å²) in [5.74, 6) is -0.246. The highest BCUT2D eigenvalue weighted by Crippen LogP contribution is 2.24. The van der Waals surface area contributed by atoms with Crippen LogP contribution in [0.5, 0.6) is 0 Å². The quantitative estimate of drug-likeness (QED) is 0.775. The highest BCUT2D eigenvalue weighted by molar-refractivity contribution is 8.13. The summed E-state index contributed by atoms with van der Waals surface area (Å²) in [5, 5.41) is 0. The fraction of sp³-hybridized carbons (Fsp3) is 0.364. The van der Waals surface area contributed by atoms with Gasteiger partial charge in [-0.05, 0) is 31.0 Å². The van der Waals surface area contributed by atoms with E-state index in [1.54, 1.807) is 34.0 Å². The van der Waals surface area contributed by atoms with Crippen LogP contribution in [0.4, 0.5) is 0 Å². The minimum Gasteiger partial charge on any atom is -0.345 e. The van der Waals surface area contributed by atoms with Crippen LogP contribution in [0.3, 0.4) is 0 Å². The summed E-state index contributed by atoms with van der Waals surface area (Å²) in [6, 6.07) is 2.97. The highest BCUT2D eigenvalue weighted by Gasteiger charge is 2.19. The Hall–Kier alpha value is -1.07. The number of rotatable bonds is 2. The van der Waals surface area contributed by atoms with Gasteiger partial charge < -0.3 is 4.90 Å². The number of aryl methyl sites for hydroxylation is 2. The zero-order chi connectivity index (χ0) is 13.4. The number of nitrogens with zero attached hydrogens (tertiary/aromatic N) is 1. The van der Waals surface area contributed by atoms with Gasteiger partial charge >= 0.3 is 0 Å². The first kappa shape index (κ1) is 14.0. The van der Waals surface area contributed by atoms with E-state index in [1.807, 2.05) is 0 Å². The first-order valence-corrected chi connectivity index (χ1v) is 7.23. The molecule has 1 rings (SSSR count). The maximum Gasteiger partial charge on any atom is 0.261 e. The Morgan fingerprint density at radius 3 is 2.12 bits per heavy atom. The molecule has 0 spiro atoms. The second-order valence-electron chi connectivity index (χ2n) is 4.07. The molecule has 0 saturated heterocycles. The van der Waals surface area contributed by atoms with E-state index in [9.17, 15) is 13.2 Å². The second kappa shape index (κ2) is 4.66. The summed E-state index contributed by atoms with van der Waals surface area (Å²) in [6.07, 6.45) is 0. The smallest absolute Gasteiger partial charge is 0.261 e. The van der Waals surface area contributed by atoms with E-state index in [1.165, 1.54) is 11.0 Å². The summed E-state index contributed by atoms with van der Waals surface area (Å²) in [6.45, 7) is 3.40. The average Bonchev–Trinajstić information content (AvgIpc) is 2.14. The predicted octanol–water partition coefficient (Wildman–Crippen LogP) is 1.93. The number of carbonyl (C=O) groups excluding carboxylic acids is 1. The Kier molecular flexibility index (Phi) is 3.84. The summed E-state index contributed by atoms with van der Waals surface area (Å²) in [4.78, 5) is 13.2. The van der Waals surface area contributed by atoms with Gasteiger partial charge in [-0.3, -0.25) is 4.79 Å². The van der Waals surface area contributed by atoms with Crippen molar-refractivity contribution in [2.75, 3.05) is 14.1 Å². The number of carbonyl (C=O) groups is 1. The van der Waals surface area contributed by atoms with E-state index in [0.717, 1.165) is 5.56 Å². The molecule has 0 unspecified atom stereocenters. The van der Waals surface area contributed by atoms with Gasteiger partial charge in [0.05, 0.1) is 4.90 Å². The molecule has 0 aromatic heterocycles. The van der Waals surface area contributed by atoms with Crippen molar-refractivity contribution in [1.82, 2.24) is 4.90 Å². The molecule has 17 heavy (non-hydrogen) atoms. The standard InChI is InChI=1S/C11H14ClNO3S/c1-7-5-8(2)10(17(12,15)16)6-9(7)11(14)13(3)4/h5-6H,1-4H3. The lowest BCUT2D eigenvalue weighted by atomic mass is 10.0.